The quantitative estimate of drug-likeness (QED) is 0.698. The fourth-order valence-electron chi connectivity index (χ4n) is 0.908. The molecule has 2 heteroatoms. The van der Waals surface area contributed by atoms with E-state index in [2.05, 4.69) is 11.9 Å². The second-order valence-electron chi connectivity index (χ2n) is 2.78. The van der Waals surface area contributed by atoms with Crippen molar-refractivity contribution in [2.45, 2.75) is 26.3 Å². The zero-order valence-electron chi connectivity index (χ0n) is 7.04. The Labute approximate surface area is 67.5 Å². The molecule has 0 saturated heterocycles. The van der Waals surface area contributed by atoms with Gasteiger partial charge in [-0.1, -0.05) is 13.0 Å². The second-order valence-corrected chi connectivity index (χ2v) is 2.78. The average molecular weight is 150 g/mol. The first-order chi connectivity index (χ1) is 5.24. The van der Waals surface area contributed by atoms with Crippen LogP contribution in [-0.4, -0.2) is 4.98 Å². The molecule has 0 aromatic carbocycles. The smallest absolute Gasteiger partial charge is 0.0571 e. The minimum Gasteiger partial charge on any atom is -0.323 e. The Morgan fingerprint density at radius 3 is 2.73 bits per heavy atom. The predicted octanol–water partition coefficient (Wildman–Crippen LogP) is 1.80. The molecule has 1 aromatic rings. The van der Waals surface area contributed by atoms with Crippen molar-refractivity contribution in [3.8, 4) is 0 Å². The zero-order chi connectivity index (χ0) is 8.27. The fourth-order valence-corrected chi connectivity index (χ4v) is 0.908. The highest BCUT2D eigenvalue weighted by molar-refractivity contribution is 5.14. The first-order valence-electron chi connectivity index (χ1n) is 3.92. The number of pyridine rings is 1. The summed E-state index contributed by atoms with van der Waals surface area (Å²) in [6.45, 7) is 4.08. The van der Waals surface area contributed by atoms with Gasteiger partial charge in [-0.2, -0.15) is 0 Å². The number of aromatic nitrogens is 1. The molecule has 2 nitrogen and oxygen atoms in total. The number of rotatable bonds is 2. The Bertz CT molecular complexity index is 216. The van der Waals surface area contributed by atoms with Gasteiger partial charge < -0.3 is 5.73 Å². The molecule has 0 bridgehead atoms. The van der Waals surface area contributed by atoms with Gasteiger partial charge in [0.15, 0.2) is 0 Å². The van der Waals surface area contributed by atoms with Gasteiger partial charge in [0, 0.05) is 12.2 Å². The van der Waals surface area contributed by atoms with E-state index in [0.29, 0.717) is 0 Å². The standard InChI is InChI=1S/C9H14N2/c1-3-8(10)9-5-4-7(2)6-11-9/h4-6,8H,3,10H2,1-2H3/t8-/m0/s1. The lowest BCUT2D eigenvalue weighted by atomic mass is 10.1. The maximum Gasteiger partial charge on any atom is 0.0571 e. The molecule has 1 heterocycles. The Kier molecular flexibility index (Phi) is 2.60. The molecule has 1 atom stereocenters. The molecule has 1 aromatic heterocycles. The van der Waals surface area contributed by atoms with Gasteiger partial charge in [-0.25, -0.2) is 0 Å². The van der Waals surface area contributed by atoms with Gasteiger partial charge in [0.25, 0.3) is 0 Å². The van der Waals surface area contributed by atoms with Crippen LogP contribution in [0.1, 0.15) is 30.6 Å². The van der Waals surface area contributed by atoms with Gasteiger partial charge in [0.2, 0.25) is 0 Å². The summed E-state index contributed by atoms with van der Waals surface area (Å²) < 4.78 is 0. The molecule has 0 fully saturated rings. The minimum absolute atomic E-state index is 0.0931. The van der Waals surface area contributed by atoms with E-state index < -0.39 is 0 Å². The molecule has 2 N–H and O–H groups in total. The van der Waals surface area contributed by atoms with Gasteiger partial charge in [-0.05, 0) is 25.0 Å². The topological polar surface area (TPSA) is 38.9 Å². The number of aryl methyl sites for hydroxylation is 1. The van der Waals surface area contributed by atoms with Gasteiger partial charge in [0.1, 0.15) is 0 Å². The molecule has 0 unspecified atom stereocenters. The molecule has 0 aliphatic carbocycles. The van der Waals surface area contributed by atoms with Crippen LogP contribution in [-0.2, 0) is 0 Å². The molecule has 0 saturated carbocycles. The molecule has 60 valence electrons. The first kappa shape index (κ1) is 8.21. The normalized spacial score (nSPS) is 13.0. The maximum atomic E-state index is 5.78. The summed E-state index contributed by atoms with van der Waals surface area (Å²) in [5.74, 6) is 0. The monoisotopic (exact) mass is 150 g/mol. The van der Waals surface area contributed by atoms with Crippen LogP contribution in [0.25, 0.3) is 0 Å². The Balaban J connectivity index is 2.81. The SMILES string of the molecule is CC[C@H](N)c1ccc(C)cn1. The molecule has 11 heavy (non-hydrogen) atoms. The first-order valence-corrected chi connectivity index (χ1v) is 3.92. The third-order valence-corrected chi connectivity index (χ3v) is 1.75. The molecule has 0 aliphatic heterocycles. The molecule has 0 aliphatic rings. The van der Waals surface area contributed by atoms with Crippen molar-refractivity contribution in [2.75, 3.05) is 0 Å². The van der Waals surface area contributed by atoms with Crippen LogP contribution >= 0.6 is 0 Å². The average Bonchev–Trinajstić information content (AvgIpc) is 2.05. The van der Waals surface area contributed by atoms with E-state index in [0.717, 1.165) is 12.1 Å². The lowest BCUT2D eigenvalue weighted by molar-refractivity contribution is 0.675. The van der Waals surface area contributed by atoms with Crippen molar-refractivity contribution >= 4 is 0 Å². The summed E-state index contributed by atoms with van der Waals surface area (Å²) in [5.41, 5.74) is 7.94. The summed E-state index contributed by atoms with van der Waals surface area (Å²) in [6, 6.07) is 4.12. The Hall–Kier alpha value is -0.890. The highest BCUT2D eigenvalue weighted by Gasteiger charge is 2.02. The van der Waals surface area contributed by atoms with E-state index in [1.807, 2.05) is 25.3 Å². The van der Waals surface area contributed by atoms with E-state index in [9.17, 15) is 0 Å². The molecule has 0 radical (unpaired) electrons. The largest absolute Gasteiger partial charge is 0.323 e. The number of nitrogens with two attached hydrogens (primary N) is 1. The van der Waals surface area contributed by atoms with Crippen molar-refractivity contribution in [3.63, 3.8) is 0 Å². The van der Waals surface area contributed by atoms with E-state index in [-0.39, 0.29) is 6.04 Å². The van der Waals surface area contributed by atoms with Crippen LogP contribution in [0.5, 0.6) is 0 Å². The van der Waals surface area contributed by atoms with Crippen LogP contribution in [0.15, 0.2) is 18.3 Å². The minimum atomic E-state index is 0.0931. The highest BCUT2D eigenvalue weighted by Crippen LogP contribution is 2.10. The summed E-state index contributed by atoms with van der Waals surface area (Å²) >= 11 is 0. The third-order valence-electron chi connectivity index (χ3n) is 1.75. The fraction of sp³-hybridized carbons (Fsp3) is 0.444. The van der Waals surface area contributed by atoms with Gasteiger partial charge in [0.05, 0.1) is 5.69 Å². The summed E-state index contributed by atoms with van der Waals surface area (Å²) in [5, 5.41) is 0. The number of nitrogens with zero attached hydrogens (tertiary/aromatic N) is 1. The summed E-state index contributed by atoms with van der Waals surface area (Å²) in [7, 11) is 0. The third kappa shape index (κ3) is 2.02. The van der Waals surface area contributed by atoms with Crippen LogP contribution in [0, 0.1) is 6.92 Å². The van der Waals surface area contributed by atoms with Crippen LogP contribution < -0.4 is 5.73 Å². The zero-order valence-corrected chi connectivity index (χ0v) is 7.04. The van der Waals surface area contributed by atoms with E-state index in [1.165, 1.54) is 5.56 Å². The van der Waals surface area contributed by atoms with Crippen LogP contribution in [0.4, 0.5) is 0 Å². The van der Waals surface area contributed by atoms with E-state index >= 15 is 0 Å². The van der Waals surface area contributed by atoms with Crippen molar-refractivity contribution in [1.29, 1.82) is 0 Å². The van der Waals surface area contributed by atoms with Crippen molar-refractivity contribution in [1.82, 2.24) is 4.98 Å². The van der Waals surface area contributed by atoms with Crippen LogP contribution in [0.3, 0.4) is 0 Å². The summed E-state index contributed by atoms with van der Waals surface area (Å²) in [4.78, 5) is 4.22. The molecular formula is C9H14N2. The second kappa shape index (κ2) is 3.49. The van der Waals surface area contributed by atoms with Gasteiger partial charge in [-0.3, -0.25) is 4.98 Å². The van der Waals surface area contributed by atoms with E-state index in [4.69, 9.17) is 5.73 Å². The van der Waals surface area contributed by atoms with E-state index in [1.54, 1.807) is 0 Å². The number of hydrogen-bond acceptors (Lipinski definition) is 2. The van der Waals surface area contributed by atoms with Crippen molar-refractivity contribution in [2.24, 2.45) is 5.73 Å². The molecule has 0 spiro atoms. The molecule has 1 rings (SSSR count). The molecule has 0 amide bonds. The van der Waals surface area contributed by atoms with Crippen molar-refractivity contribution in [3.05, 3.63) is 29.6 Å². The lowest BCUT2D eigenvalue weighted by Crippen LogP contribution is -2.10. The maximum absolute atomic E-state index is 5.78. The number of hydrogen-bond donors (Lipinski definition) is 1. The Morgan fingerprint density at radius 1 is 1.55 bits per heavy atom. The van der Waals surface area contributed by atoms with Gasteiger partial charge >= 0.3 is 0 Å². The summed E-state index contributed by atoms with van der Waals surface area (Å²) in [6.07, 6.45) is 2.79. The Morgan fingerprint density at radius 2 is 2.27 bits per heavy atom. The van der Waals surface area contributed by atoms with Gasteiger partial charge in [-0.15, -0.1) is 0 Å². The van der Waals surface area contributed by atoms with Crippen molar-refractivity contribution < 1.29 is 0 Å². The molecular weight excluding hydrogens is 136 g/mol. The predicted molar refractivity (Wildman–Crippen MR) is 46.2 cm³/mol. The highest BCUT2D eigenvalue weighted by atomic mass is 14.8. The lowest BCUT2D eigenvalue weighted by Gasteiger charge is -2.06. The van der Waals surface area contributed by atoms with Crippen LogP contribution in [0.2, 0.25) is 0 Å².